The van der Waals surface area contributed by atoms with Gasteiger partial charge in [-0.3, -0.25) is 4.79 Å². The van der Waals surface area contributed by atoms with E-state index in [0.29, 0.717) is 11.3 Å². The molecule has 0 spiro atoms. The quantitative estimate of drug-likeness (QED) is 0.549. The van der Waals surface area contributed by atoms with E-state index in [1.54, 1.807) is 0 Å². The minimum atomic E-state index is -0.195. The van der Waals surface area contributed by atoms with Crippen molar-refractivity contribution < 1.29 is 4.79 Å². The van der Waals surface area contributed by atoms with Crippen molar-refractivity contribution in [3.63, 3.8) is 0 Å². The molecule has 2 N–H and O–H groups in total. The largest absolute Gasteiger partial charge is 0.353 e. The van der Waals surface area contributed by atoms with Crippen LogP contribution < -0.4 is 10.6 Å². The van der Waals surface area contributed by atoms with E-state index >= 15 is 0 Å². The monoisotopic (exact) mass is 421 g/mol. The summed E-state index contributed by atoms with van der Waals surface area (Å²) in [6.45, 7) is 9.21. The molecule has 0 bridgehead atoms. The Kier molecular flexibility index (Phi) is 4.51. The molecule has 3 aromatic rings. The standard InChI is InChI=1S/C25H31N3OS/c1-6-25(3,4)15-11-12-17-19(13-15)30-24-21(17)23(29)26-22(27-24)20-14(2)28(5)18-10-8-7-9-16(18)20/h7-10,15,22,27H,6,11-13H2,1-5H3,(H,26,29)/t15-,22-/m0/s1. The van der Waals surface area contributed by atoms with Crippen molar-refractivity contribution in [1.29, 1.82) is 0 Å². The Morgan fingerprint density at radius 3 is 2.77 bits per heavy atom. The maximum absolute atomic E-state index is 13.2. The highest BCUT2D eigenvalue weighted by Gasteiger charge is 2.38. The Hall–Kier alpha value is -2.27. The van der Waals surface area contributed by atoms with Gasteiger partial charge in [-0.1, -0.05) is 45.4 Å². The van der Waals surface area contributed by atoms with Crippen LogP contribution in [0, 0.1) is 18.3 Å². The zero-order valence-corrected chi connectivity index (χ0v) is 19.4. The first kappa shape index (κ1) is 19.7. The van der Waals surface area contributed by atoms with Gasteiger partial charge in [-0.15, -0.1) is 11.3 Å². The number of aromatic nitrogens is 1. The molecule has 2 aromatic heterocycles. The Labute approximate surface area is 182 Å². The first-order valence-corrected chi connectivity index (χ1v) is 11.9. The molecule has 0 unspecified atom stereocenters. The number of amides is 1. The van der Waals surface area contributed by atoms with Gasteiger partial charge in [0.15, 0.2) is 0 Å². The number of nitrogens with zero attached hydrogens (tertiary/aromatic N) is 1. The van der Waals surface area contributed by atoms with Crippen LogP contribution in [-0.2, 0) is 19.9 Å². The normalized spacial score (nSPS) is 21.2. The molecule has 158 valence electrons. The highest BCUT2D eigenvalue weighted by molar-refractivity contribution is 7.16. The summed E-state index contributed by atoms with van der Waals surface area (Å²) in [5.41, 5.74) is 6.09. The Bertz CT molecular complexity index is 1150. The number of fused-ring (bicyclic) bond motifs is 4. The predicted molar refractivity (Wildman–Crippen MR) is 125 cm³/mol. The van der Waals surface area contributed by atoms with Gasteiger partial charge < -0.3 is 15.2 Å². The van der Waals surface area contributed by atoms with Crippen molar-refractivity contribution in [3.8, 4) is 0 Å². The van der Waals surface area contributed by atoms with E-state index in [1.165, 1.54) is 45.4 Å². The average Bonchev–Trinajstić information content (AvgIpc) is 3.23. The highest BCUT2D eigenvalue weighted by Crippen LogP contribution is 2.47. The van der Waals surface area contributed by atoms with E-state index < -0.39 is 0 Å². The second-order valence-electron chi connectivity index (χ2n) is 9.62. The summed E-state index contributed by atoms with van der Waals surface area (Å²) < 4.78 is 2.21. The fourth-order valence-corrected chi connectivity index (χ4v) is 6.67. The molecule has 2 aliphatic rings. The van der Waals surface area contributed by atoms with Crippen LogP contribution in [0.15, 0.2) is 24.3 Å². The number of carbonyl (C=O) groups excluding carboxylic acids is 1. The summed E-state index contributed by atoms with van der Waals surface area (Å²) in [5.74, 6) is 0.765. The summed E-state index contributed by atoms with van der Waals surface area (Å²) in [4.78, 5) is 14.7. The molecule has 5 rings (SSSR count). The van der Waals surface area contributed by atoms with Crippen LogP contribution in [0.3, 0.4) is 0 Å². The molecule has 2 atom stereocenters. The molecule has 30 heavy (non-hydrogen) atoms. The summed E-state index contributed by atoms with van der Waals surface area (Å²) in [6.07, 6.45) is 4.29. The van der Waals surface area contributed by atoms with E-state index in [0.717, 1.165) is 23.4 Å². The summed E-state index contributed by atoms with van der Waals surface area (Å²) in [5, 5.41) is 9.21. The Morgan fingerprint density at radius 1 is 1.23 bits per heavy atom. The minimum Gasteiger partial charge on any atom is -0.353 e. The predicted octanol–water partition coefficient (Wildman–Crippen LogP) is 5.94. The molecule has 1 amide bonds. The zero-order valence-electron chi connectivity index (χ0n) is 18.6. The molecule has 1 aliphatic carbocycles. The van der Waals surface area contributed by atoms with Gasteiger partial charge >= 0.3 is 0 Å². The number of anilines is 1. The van der Waals surface area contributed by atoms with Gasteiger partial charge in [0.05, 0.1) is 5.56 Å². The number of hydrogen-bond acceptors (Lipinski definition) is 3. The molecule has 0 fully saturated rings. The molecule has 0 radical (unpaired) electrons. The van der Waals surface area contributed by atoms with Crippen molar-refractivity contribution >= 4 is 33.1 Å². The third kappa shape index (κ3) is 2.82. The SMILES string of the molecule is CCC(C)(C)[C@H]1CCc2c(sc3c2C(=O)N[C@H](c2c(C)n(C)c4ccccc24)N3)C1. The van der Waals surface area contributed by atoms with Gasteiger partial charge in [0, 0.05) is 34.1 Å². The molecule has 3 heterocycles. The first-order chi connectivity index (χ1) is 14.3. The topological polar surface area (TPSA) is 46.1 Å². The van der Waals surface area contributed by atoms with Crippen LogP contribution in [0.5, 0.6) is 0 Å². The fraction of sp³-hybridized carbons (Fsp3) is 0.480. The average molecular weight is 422 g/mol. The lowest BCUT2D eigenvalue weighted by Crippen LogP contribution is -2.38. The minimum absolute atomic E-state index is 0.0757. The molecule has 0 saturated heterocycles. The fourth-order valence-electron chi connectivity index (χ4n) is 5.31. The Balaban J connectivity index is 1.52. The number of benzene rings is 1. The molecule has 5 heteroatoms. The second-order valence-corrected chi connectivity index (χ2v) is 10.7. The number of thiophene rings is 1. The van der Waals surface area contributed by atoms with E-state index in [1.807, 2.05) is 11.3 Å². The third-order valence-electron chi connectivity index (χ3n) is 7.80. The van der Waals surface area contributed by atoms with Crippen LogP contribution >= 0.6 is 11.3 Å². The van der Waals surface area contributed by atoms with Gasteiger partial charge in [-0.05, 0) is 49.1 Å². The van der Waals surface area contributed by atoms with Crippen LogP contribution in [-0.4, -0.2) is 10.5 Å². The Morgan fingerprint density at radius 2 is 2.00 bits per heavy atom. The molecule has 1 aliphatic heterocycles. The van der Waals surface area contributed by atoms with Crippen LogP contribution in [0.25, 0.3) is 10.9 Å². The van der Waals surface area contributed by atoms with Gasteiger partial charge in [-0.2, -0.15) is 0 Å². The summed E-state index contributed by atoms with van der Waals surface area (Å²) in [6, 6.07) is 8.43. The van der Waals surface area contributed by atoms with E-state index in [4.69, 9.17) is 0 Å². The first-order valence-electron chi connectivity index (χ1n) is 11.1. The number of para-hydroxylation sites is 1. The number of hydrogen-bond donors (Lipinski definition) is 2. The summed E-state index contributed by atoms with van der Waals surface area (Å²) >= 11 is 1.81. The van der Waals surface area contributed by atoms with Crippen molar-refractivity contribution in [3.05, 3.63) is 51.5 Å². The number of aryl methyl sites for hydroxylation is 1. The summed E-state index contributed by atoms with van der Waals surface area (Å²) in [7, 11) is 2.09. The lowest BCUT2D eigenvalue weighted by atomic mass is 9.69. The number of rotatable bonds is 3. The molecule has 0 saturated carbocycles. The van der Waals surface area contributed by atoms with E-state index in [-0.39, 0.29) is 12.1 Å². The van der Waals surface area contributed by atoms with Crippen molar-refractivity contribution in [2.75, 3.05) is 5.32 Å². The molecule has 1 aromatic carbocycles. The lowest BCUT2D eigenvalue weighted by molar-refractivity contribution is 0.0935. The van der Waals surface area contributed by atoms with Crippen LogP contribution in [0.4, 0.5) is 5.00 Å². The van der Waals surface area contributed by atoms with Gasteiger partial charge in [0.1, 0.15) is 11.2 Å². The van der Waals surface area contributed by atoms with E-state index in [2.05, 4.69) is 74.2 Å². The number of carbonyl (C=O) groups is 1. The van der Waals surface area contributed by atoms with Gasteiger partial charge in [0.2, 0.25) is 0 Å². The maximum atomic E-state index is 13.2. The lowest BCUT2D eigenvalue weighted by Gasteiger charge is -2.36. The van der Waals surface area contributed by atoms with Gasteiger partial charge in [0.25, 0.3) is 5.91 Å². The molecule has 4 nitrogen and oxygen atoms in total. The second kappa shape index (κ2) is 6.88. The van der Waals surface area contributed by atoms with Crippen molar-refractivity contribution in [2.45, 2.75) is 59.5 Å². The smallest absolute Gasteiger partial charge is 0.256 e. The van der Waals surface area contributed by atoms with Crippen LogP contribution in [0.1, 0.15) is 71.8 Å². The van der Waals surface area contributed by atoms with Gasteiger partial charge in [-0.25, -0.2) is 0 Å². The molecular weight excluding hydrogens is 390 g/mol. The van der Waals surface area contributed by atoms with Crippen molar-refractivity contribution in [1.82, 2.24) is 9.88 Å². The van der Waals surface area contributed by atoms with E-state index in [9.17, 15) is 4.79 Å². The zero-order chi connectivity index (χ0) is 21.2. The number of nitrogens with one attached hydrogen (secondary N) is 2. The third-order valence-corrected chi connectivity index (χ3v) is 8.98. The maximum Gasteiger partial charge on any atom is 0.256 e. The van der Waals surface area contributed by atoms with Crippen LogP contribution in [0.2, 0.25) is 0 Å². The highest BCUT2D eigenvalue weighted by atomic mass is 32.1. The molecular formula is C25H31N3OS. The van der Waals surface area contributed by atoms with Crippen molar-refractivity contribution in [2.24, 2.45) is 18.4 Å².